The van der Waals surface area contributed by atoms with E-state index in [4.69, 9.17) is 0 Å². The maximum Gasteiger partial charge on any atom is 1.00 e. The molecule has 0 radical (unpaired) electrons. The Bertz CT molecular complexity index is 666. The summed E-state index contributed by atoms with van der Waals surface area (Å²) in [6, 6.07) is 0.950. The van der Waals surface area contributed by atoms with Crippen LogP contribution in [0.15, 0.2) is 12.1 Å². The van der Waals surface area contributed by atoms with Crippen LogP contribution in [0.3, 0.4) is 0 Å². The summed E-state index contributed by atoms with van der Waals surface area (Å²) in [6.07, 6.45) is 0. The van der Waals surface area contributed by atoms with E-state index in [1.165, 1.54) is 0 Å². The summed E-state index contributed by atoms with van der Waals surface area (Å²) in [5.74, 6) is -6.99. The molecule has 1 aromatic carbocycles. The molecule has 0 atom stereocenters. The molecule has 1 rings (SSSR count). The van der Waals surface area contributed by atoms with Crippen LogP contribution in [-0.2, 0) is 4.74 Å². The quantitative estimate of drug-likeness (QED) is 0.203. The van der Waals surface area contributed by atoms with Crippen molar-refractivity contribution < 1.29 is 128 Å². The van der Waals surface area contributed by atoms with E-state index in [9.17, 15) is 34.5 Å². The first-order chi connectivity index (χ1) is 10.1. The van der Waals surface area contributed by atoms with Gasteiger partial charge in [-0.25, -0.2) is 4.79 Å². The number of carboxylic acids is 3. The molecule has 0 aliphatic carbocycles. The summed E-state index contributed by atoms with van der Waals surface area (Å²) >= 11 is 7.63. The molecular formula is C12H7Na3O8S2. The SMILES string of the molecule is O=C([O-])c1cc(C(=O)[O-])c(C(=O)OCC(S)S)cc1C(=O)[O-].[Na+].[Na+].[Na+]. The van der Waals surface area contributed by atoms with Crippen molar-refractivity contribution in [3.05, 3.63) is 34.4 Å². The Kier molecular flexibility index (Phi) is 17.0. The molecule has 0 aliphatic rings. The van der Waals surface area contributed by atoms with Crippen LogP contribution >= 0.6 is 25.3 Å². The Morgan fingerprint density at radius 2 is 1.12 bits per heavy atom. The summed E-state index contributed by atoms with van der Waals surface area (Å²) in [7, 11) is 0. The number of carbonyl (C=O) groups excluding carboxylic acids is 4. The third-order valence-corrected chi connectivity index (χ3v) is 2.70. The largest absolute Gasteiger partial charge is 1.00 e. The Balaban J connectivity index is -0.00000161. The van der Waals surface area contributed by atoms with Crippen molar-refractivity contribution in [2.24, 2.45) is 0 Å². The number of carbonyl (C=O) groups is 4. The molecule has 25 heavy (non-hydrogen) atoms. The number of carboxylic acid groups (broad SMARTS) is 3. The van der Waals surface area contributed by atoms with E-state index in [1.54, 1.807) is 0 Å². The molecule has 0 aromatic heterocycles. The molecule has 13 heteroatoms. The van der Waals surface area contributed by atoms with E-state index < -0.39 is 50.7 Å². The van der Waals surface area contributed by atoms with Gasteiger partial charge >= 0.3 is 94.6 Å². The minimum atomic E-state index is -1.95. The van der Waals surface area contributed by atoms with Crippen LogP contribution in [0.1, 0.15) is 41.4 Å². The minimum absolute atomic E-state index is 0. The van der Waals surface area contributed by atoms with Gasteiger partial charge in [0, 0.05) is 16.7 Å². The molecule has 0 saturated heterocycles. The van der Waals surface area contributed by atoms with E-state index >= 15 is 0 Å². The van der Waals surface area contributed by atoms with Gasteiger partial charge < -0.3 is 34.4 Å². The van der Waals surface area contributed by atoms with Crippen LogP contribution < -0.4 is 104 Å². The number of esters is 1. The Morgan fingerprint density at radius 3 is 1.44 bits per heavy atom. The van der Waals surface area contributed by atoms with Gasteiger partial charge in [0.2, 0.25) is 0 Å². The molecule has 0 heterocycles. The smallest absolute Gasteiger partial charge is 0.545 e. The normalized spacial score (nSPS) is 9.08. The third-order valence-electron chi connectivity index (χ3n) is 2.40. The molecule has 0 spiro atoms. The van der Waals surface area contributed by atoms with Crippen LogP contribution in [-0.4, -0.2) is 35.1 Å². The number of benzene rings is 1. The Morgan fingerprint density at radius 1 is 0.800 bits per heavy atom. The fourth-order valence-electron chi connectivity index (χ4n) is 1.50. The van der Waals surface area contributed by atoms with Crippen LogP contribution in [0.2, 0.25) is 0 Å². The summed E-state index contributed by atoms with van der Waals surface area (Å²) < 4.78 is 4.00. The van der Waals surface area contributed by atoms with Crippen molar-refractivity contribution in [2.75, 3.05) is 6.61 Å². The molecule has 8 nitrogen and oxygen atoms in total. The van der Waals surface area contributed by atoms with E-state index in [0.29, 0.717) is 12.1 Å². The van der Waals surface area contributed by atoms with Gasteiger partial charge in [0.25, 0.3) is 0 Å². The topological polar surface area (TPSA) is 147 Å². The molecule has 0 saturated carbocycles. The number of ether oxygens (including phenoxy) is 1. The standard InChI is InChI=1S/C12H10O8S2.3Na/c13-9(14)4-1-6(11(17)18)7(2-5(4)10(15)16)12(19)20-3-8(21)22;;;/h1-2,8,21-22H,3H2,(H,13,14)(H,15,16)(H,17,18);;;/q;3*+1/p-3. The fourth-order valence-corrected chi connectivity index (χ4v) is 1.65. The number of hydrogen-bond acceptors (Lipinski definition) is 10. The van der Waals surface area contributed by atoms with Gasteiger partial charge in [0.05, 0.1) is 28.1 Å². The zero-order chi connectivity index (χ0) is 17.0. The molecule has 118 valence electrons. The zero-order valence-corrected chi connectivity index (χ0v) is 21.4. The van der Waals surface area contributed by atoms with Gasteiger partial charge in [0.1, 0.15) is 6.61 Å². The number of hydrogen-bond donors (Lipinski definition) is 2. The molecule has 0 aliphatic heterocycles. The first-order valence-electron chi connectivity index (χ1n) is 5.50. The average Bonchev–Trinajstić information content (AvgIpc) is 2.42. The van der Waals surface area contributed by atoms with Gasteiger partial charge in [0.15, 0.2) is 0 Å². The maximum absolute atomic E-state index is 11.8. The number of aromatic carboxylic acids is 3. The van der Waals surface area contributed by atoms with Crippen LogP contribution in [0, 0.1) is 0 Å². The second kappa shape index (κ2) is 13.9. The Labute approximate surface area is 219 Å². The summed E-state index contributed by atoms with van der Waals surface area (Å²) in [5, 5.41) is 32.7. The van der Waals surface area contributed by atoms with Crippen LogP contribution in [0.5, 0.6) is 0 Å². The van der Waals surface area contributed by atoms with Gasteiger partial charge in [-0.2, -0.15) is 25.3 Å². The van der Waals surface area contributed by atoms with Crippen molar-refractivity contribution in [3.8, 4) is 0 Å². The molecular weight excluding hydrogens is 405 g/mol. The van der Waals surface area contributed by atoms with E-state index in [0.717, 1.165) is 0 Å². The maximum atomic E-state index is 11.8. The Hall–Kier alpha value is 0.800. The first-order valence-corrected chi connectivity index (χ1v) is 6.53. The van der Waals surface area contributed by atoms with Gasteiger partial charge in [-0.1, -0.05) is 0 Å². The van der Waals surface area contributed by atoms with Crippen molar-refractivity contribution in [1.29, 1.82) is 0 Å². The van der Waals surface area contributed by atoms with Gasteiger partial charge in [-0.05, 0) is 12.1 Å². The number of rotatable bonds is 6. The number of thiol groups is 2. The van der Waals surface area contributed by atoms with Crippen LogP contribution in [0.25, 0.3) is 0 Å². The molecule has 1 aromatic rings. The van der Waals surface area contributed by atoms with Crippen LogP contribution in [0.4, 0.5) is 0 Å². The zero-order valence-electron chi connectivity index (χ0n) is 13.6. The third kappa shape index (κ3) is 9.02. The fraction of sp³-hybridized carbons (Fsp3) is 0.167. The van der Waals surface area contributed by atoms with E-state index in [2.05, 4.69) is 30.0 Å². The molecule has 0 unspecified atom stereocenters. The van der Waals surface area contributed by atoms with Crippen molar-refractivity contribution in [2.45, 2.75) is 4.58 Å². The monoisotopic (exact) mass is 412 g/mol. The first kappa shape index (κ1) is 30.5. The average molecular weight is 412 g/mol. The van der Waals surface area contributed by atoms with E-state index in [-0.39, 0.29) is 95.3 Å². The molecule has 0 amide bonds. The summed E-state index contributed by atoms with van der Waals surface area (Å²) in [5.41, 5.74) is -3.45. The van der Waals surface area contributed by atoms with Gasteiger partial charge in [-0.3, -0.25) is 0 Å². The summed E-state index contributed by atoms with van der Waals surface area (Å²) in [4.78, 5) is 44.5. The second-order valence-corrected chi connectivity index (χ2v) is 5.54. The van der Waals surface area contributed by atoms with Crippen molar-refractivity contribution >= 4 is 49.1 Å². The van der Waals surface area contributed by atoms with Gasteiger partial charge in [-0.15, -0.1) is 0 Å². The molecule has 0 bridgehead atoms. The summed E-state index contributed by atoms with van der Waals surface area (Å²) in [6.45, 7) is -0.305. The predicted octanol–water partition coefficient (Wildman–Crippen LogP) is -11.9. The molecule has 0 N–H and O–H groups in total. The van der Waals surface area contributed by atoms with Crippen molar-refractivity contribution in [1.82, 2.24) is 0 Å². The molecule has 0 fully saturated rings. The van der Waals surface area contributed by atoms with Crippen molar-refractivity contribution in [3.63, 3.8) is 0 Å². The minimum Gasteiger partial charge on any atom is -0.545 e. The second-order valence-electron chi connectivity index (χ2n) is 3.88. The van der Waals surface area contributed by atoms with E-state index in [1.807, 2.05) is 0 Å². The predicted molar refractivity (Wildman–Crippen MR) is 71.5 cm³/mol.